The monoisotopic (exact) mass is 481 g/mol. The van der Waals surface area contributed by atoms with Gasteiger partial charge in [-0.1, -0.05) is 42.0 Å². The van der Waals surface area contributed by atoms with Crippen molar-refractivity contribution < 1.29 is 20.1 Å². The number of hydrogen-bond acceptors (Lipinski definition) is 7. The second-order valence-corrected chi connectivity index (χ2v) is 8.23. The van der Waals surface area contributed by atoms with Gasteiger partial charge in [0.15, 0.2) is 6.23 Å². The molecule has 186 valence electrons. The average molecular weight is 482 g/mol. The summed E-state index contributed by atoms with van der Waals surface area (Å²) in [7, 11) is 0. The summed E-state index contributed by atoms with van der Waals surface area (Å²) in [5.41, 5.74) is 2.28. The van der Waals surface area contributed by atoms with Gasteiger partial charge in [-0.3, -0.25) is 18.9 Å². The number of hydrogen-bond donors (Lipinski definition) is 3. The lowest BCUT2D eigenvalue weighted by atomic mass is 10.0. The van der Waals surface area contributed by atoms with Crippen LogP contribution in [0.4, 0.5) is 0 Å². The van der Waals surface area contributed by atoms with E-state index in [-0.39, 0.29) is 6.54 Å². The van der Waals surface area contributed by atoms with Gasteiger partial charge in [0.1, 0.15) is 18.3 Å². The summed E-state index contributed by atoms with van der Waals surface area (Å²) < 4.78 is 7.43. The minimum Gasteiger partial charge on any atom is -0.394 e. The zero-order valence-electron chi connectivity index (χ0n) is 20.0. The zero-order chi connectivity index (χ0) is 25.5. The number of rotatable bonds is 5. The summed E-state index contributed by atoms with van der Waals surface area (Å²) >= 11 is 0. The second-order valence-electron chi connectivity index (χ2n) is 8.23. The molecule has 2 aromatic heterocycles. The number of aliphatic hydroxyl groups is 3. The maximum atomic E-state index is 13.0. The molecule has 1 aliphatic heterocycles. The molecule has 3 aromatic rings. The highest BCUT2D eigenvalue weighted by Crippen LogP contribution is 2.28. The van der Waals surface area contributed by atoms with E-state index in [2.05, 4.69) is 4.98 Å². The molecule has 0 amide bonds. The average Bonchev–Trinajstić information content (AvgIpc) is 3.16. The summed E-state index contributed by atoms with van der Waals surface area (Å²) in [5, 5.41) is 29.5. The van der Waals surface area contributed by atoms with Crippen LogP contribution in [0.2, 0.25) is 0 Å². The molecule has 4 rings (SSSR count). The molecule has 9 nitrogen and oxygen atoms in total. The Morgan fingerprint density at radius 2 is 1.69 bits per heavy atom. The quantitative estimate of drug-likeness (QED) is 0.473. The van der Waals surface area contributed by atoms with E-state index < -0.39 is 42.4 Å². The first kappa shape index (κ1) is 26.2. The minimum absolute atomic E-state index is 0.0764. The number of benzene rings is 1. The number of nitrogens with zero attached hydrogens (tertiary/aromatic N) is 3. The Balaban J connectivity index is 0.000000795. The van der Waals surface area contributed by atoms with Gasteiger partial charge in [-0.25, -0.2) is 4.79 Å². The number of ether oxygens (including phenoxy) is 1. The van der Waals surface area contributed by atoms with Crippen LogP contribution in [0.15, 0.2) is 76.6 Å². The summed E-state index contributed by atoms with van der Waals surface area (Å²) in [6.07, 6.45) is 1.79. The third kappa shape index (κ3) is 6.01. The first-order valence-electron chi connectivity index (χ1n) is 11.3. The van der Waals surface area contributed by atoms with Crippen molar-refractivity contribution in [1.29, 1.82) is 0 Å². The lowest BCUT2D eigenvalue weighted by Crippen LogP contribution is -2.43. The Kier molecular flexibility index (Phi) is 8.89. The molecule has 0 bridgehead atoms. The number of allylic oxidation sites excluding steroid dienone is 2. The Hall–Kier alpha value is -3.37. The summed E-state index contributed by atoms with van der Waals surface area (Å²) in [4.78, 5) is 29.7. The van der Waals surface area contributed by atoms with E-state index in [0.29, 0.717) is 5.69 Å². The van der Waals surface area contributed by atoms with Crippen molar-refractivity contribution in [2.24, 2.45) is 0 Å². The van der Waals surface area contributed by atoms with Crippen LogP contribution in [0.25, 0.3) is 11.1 Å². The largest absolute Gasteiger partial charge is 0.394 e. The third-order valence-corrected chi connectivity index (χ3v) is 5.74. The smallest absolute Gasteiger partial charge is 0.333 e. The molecule has 1 fully saturated rings. The van der Waals surface area contributed by atoms with Gasteiger partial charge in [0.25, 0.3) is 5.56 Å². The van der Waals surface area contributed by atoms with Gasteiger partial charge in [-0.05, 0) is 44.0 Å². The molecule has 3 heterocycles. The predicted octanol–water partition coefficient (Wildman–Crippen LogP) is 1.62. The number of aromatic nitrogens is 3. The van der Waals surface area contributed by atoms with E-state index >= 15 is 0 Å². The van der Waals surface area contributed by atoms with Crippen molar-refractivity contribution in [2.75, 3.05) is 6.61 Å². The normalized spacial score (nSPS) is 21.7. The van der Waals surface area contributed by atoms with E-state index in [4.69, 9.17) is 4.74 Å². The van der Waals surface area contributed by atoms with Crippen LogP contribution in [0, 0.1) is 6.92 Å². The third-order valence-electron chi connectivity index (χ3n) is 5.74. The molecule has 1 aliphatic rings. The van der Waals surface area contributed by atoms with Crippen molar-refractivity contribution in [3.05, 3.63) is 99.1 Å². The van der Waals surface area contributed by atoms with Gasteiger partial charge in [0.2, 0.25) is 0 Å². The van der Waals surface area contributed by atoms with Crippen LogP contribution >= 0.6 is 0 Å². The highest BCUT2D eigenvalue weighted by molar-refractivity contribution is 5.63. The highest BCUT2D eigenvalue weighted by Gasteiger charge is 2.43. The fourth-order valence-corrected chi connectivity index (χ4v) is 3.63. The van der Waals surface area contributed by atoms with Crippen LogP contribution in [-0.2, 0) is 11.3 Å². The molecule has 0 aliphatic carbocycles. The van der Waals surface area contributed by atoms with Gasteiger partial charge < -0.3 is 20.1 Å². The molecule has 0 saturated carbocycles. The Morgan fingerprint density at radius 1 is 1.00 bits per heavy atom. The number of aryl methyl sites for hydroxylation is 1. The first-order chi connectivity index (χ1) is 16.8. The standard InChI is InChI=1S/C22H23N3O6.C4H8/c1-13-2-4-14(5-3-13)15-6-8-23-16(10-15)11-25-18(27)7-9-24(22(25)30)21-20(29)19(28)17(12-26)31-21;1-3-4-2/h2-10,17,19-21,26,28-29H,11-12H2,1H3;3-4H,1-2H3/b;4-3-. The van der Waals surface area contributed by atoms with Crippen LogP contribution in [0.1, 0.15) is 31.3 Å². The number of aliphatic hydroxyl groups excluding tert-OH is 3. The summed E-state index contributed by atoms with van der Waals surface area (Å²) in [6.45, 7) is 5.41. The molecule has 1 aromatic carbocycles. The molecule has 3 N–H and O–H groups in total. The van der Waals surface area contributed by atoms with E-state index in [1.165, 1.54) is 12.3 Å². The Bertz CT molecular complexity index is 1260. The summed E-state index contributed by atoms with van der Waals surface area (Å²) in [6, 6.07) is 12.8. The van der Waals surface area contributed by atoms with Gasteiger partial charge in [-0.2, -0.15) is 0 Å². The minimum atomic E-state index is -1.43. The Morgan fingerprint density at radius 3 is 2.29 bits per heavy atom. The number of pyridine rings is 1. The van der Waals surface area contributed by atoms with Crippen molar-refractivity contribution in [3.63, 3.8) is 0 Å². The first-order valence-corrected chi connectivity index (χ1v) is 11.3. The molecule has 35 heavy (non-hydrogen) atoms. The Labute approximate surface area is 203 Å². The molecule has 4 atom stereocenters. The van der Waals surface area contributed by atoms with Crippen molar-refractivity contribution >= 4 is 0 Å². The van der Waals surface area contributed by atoms with Gasteiger partial charge in [-0.15, -0.1) is 0 Å². The van der Waals surface area contributed by atoms with E-state index in [9.17, 15) is 24.9 Å². The fourth-order valence-electron chi connectivity index (χ4n) is 3.63. The van der Waals surface area contributed by atoms with Crippen LogP contribution in [0.3, 0.4) is 0 Å². The van der Waals surface area contributed by atoms with Crippen molar-refractivity contribution in [2.45, 2.75) is 51.9 Å². The van der Waals surface area contributed by atoms with E-state index in [0.717, 1.165) is 25.8 Å². The molecule has 0 spiro atoms. The zero-order valence-corrected chi connectivity index (χ0v) is 20.0. The van der Waals surface area contributed by atoms with Crippen LogP contribution < -0.4 is 11.2 Å². The maximum absolute atomic E-state index is 13.0. The molecule has 9 heteroatoms. The van der Waals surface area contributed by atoms with Gasteiger partial charge in [0.05, 0.1) is 18.8 Å². The molecular weight excluding hydrogens is 450 g/mol. The van der Waals surface area contributed by atoms with E-state index in [1.54, 1.807) is 12.3 Å². The van der Waals surface area contributed by atoms with E-state index in [1.807, 2.05) is 63.3 Å². The second kappa shape index (κ2) is 11.9. The molecule has 1 saturated heterocycles. The lowest BCUT2D eigenvalue weighted by molar-refractivity contribution is -0.0555. The van der Waals surface area contributed by atoms with Crippen molar-refractivity contribution in [1.82, 2.24) is 14.1 Å². The van der Waals surface area contributed by atoms with Gasteiger partial charge in [0, 0.05) is 18.5 Å². The highest BCUT2D eigenvalue weighted by atomic mass is 16.6. The van der Waals surface area contributed by atoms with Crippen LogP contribution in [0.5, 0.6) is 0 Å². The molecule has 0 radical (unpaired) electrons. The SMILES string of the molecule is C/C=C\C.Cc1ccc(-c2ccnc(Cn3c(=O)ccn(C4OC(CO)C(O)C4O)c3=O)c2)cc1. The molecule has 4 unspecified atom stereocenters. The van der Waals surface area contributed by atoms with Gasteiger partial charge >= 0.3 is 5.69 Å². The van der Waals surface area contributed by atoms with Crippen LogP contribution in [-0.4, -0.2) is 54.4 Å². The summed E-state index contributed by atoms with van der Waals surface area (Å²) in [5.74, 6) is 0. The predicted molar refractivity (Wildman–Crippen MR) is 132 cm³/mol. The topological polar surface area (TPSA) is 127 Å². The maximum Gasteiger partial charge on any atom is 0.333 e. The molecular formula is C26H31N3O6. The van der Waals surface area contributed by atoms with Crippen molar-refractivity contribution in [3.8, 4) is 11.1 Å². The fraction of sp³-hybridized carbons (Fsp3) is 0.346. The lowest BCUT2D eigenvalue weighted by Gasteiger charge is -2.18.